The van der Waals surface area contributed by atoms with Crippen molar-refractivity contribution in [2.45, 2.75) is 46.0 Å². The minimum Gasteiger partial charge on any atom is -0.354 e. The average Bonchev–Trinajstić information content (AvgIpc) is 2.47. The SMILES string of the molecule is CCN(CC)c1nc(Cl)nc(NCC2CCCCC2)n1. The molecule has 6 heteroatoms. The van der Waals surface area contributed by atoms with Crippen molar-refractivity contribution in [1.29, 1.82) is 0 Å². The first-order valence-electron chi connectivity index (χ1n) is 7.63. The lowest BCUT2D eigenvalue weighted by atomic mass is 9.89. The number of rotatable bonds is 6. The summed E-state index contributed by atoms with van der Waals surface area (Å²) in [4.78, 5) is 14.9. The van der Waals surface area contributed by atoms with Crippen molar-refractivity contribution in [3.63, 3.8) is 0 Å². The van der Waals surface area contributed by atoms with Crippen molar-refractivity contribution in [2.75, 3.05) is 29.9 Å². The van der Waals surface area contributed by atoms with E-state index in [9.17, 15) is 0 Å². The second-order valence-electron chi connectivity index (χ2n) is 5.29. The number of halogens is 1. The maximum absolute atomic E-state index is 6.00. The van der Waals surface area contributed by atoms with E-state index in [-0.39, 0.29) is 5.28 Å². The van der Waals surface area contributed by atoms with Crippen LogP contribution in [-0.2, 0) is 0 Å². The summed E-state index contributed by atoms with van der Waals surface area (Å²) < 4.78 is 0. The van der Waals surface area contributed by atoms with Crippen LogP contribution in [0.25, 0.3) is 0 Å². The lowest BCUT2D eigenvalue weighted by molar-refractivity contribution is 0.373. The van der Waals surface area contributed by atoms with Gasteiger partial charge in [-0.1, -0.05) is 19.3 Å². The Bertz CT molecular complexity index is 416. The van der Waals surface area contributed by atoms with Gasteiger partial charge in [-0.05, 0) is 44.2 Å². The maximum atomic E-state index is 6.00. The second kappa shape index (κ2) is 7.62. The van der Waals surface area contributed by atoms with E-state index in [1.54, 1.807) is 0 Å². The molecule has 1 saturated carbocycles. The molecule has 1 aliphatic rings. The molecule has 1 fully saturated rings. The lowest BCUT2D eigenvalue weighted by Gasteiger charge is -2.22. The van der Waals surface area contributed by atoms with Gasteiger partial charge in [-0.15, -0.1) is 0 Å². The van der Waals surface area contributed by atoms with Crippen molar-refractivity contribution >= 4 is 23.5 Å². The number of anilines is 2. The van der Waals surface area contributed by atoms with E-state index in [2.05, 4.69) is 39.0 Å². The standard InChI is InChI=1S/C14H24ClN5/c1-3-20(4-2)14-18-12(15)17-13(19-14)16-10-11-8-6-5-7-9-11/h11H,3-10H2,1-2H3,(H,16,17,18,19). The Morgan fingerprint density at radius 3 is 2.45 bits per heavy atom. The zero-order valence-electron chi connectivity index (χ0n) is 12.4. The van der Waals surface area contributed by atoms with Crippen molar-refractivity contribution in [3.05, 3.63) is 5.28 Å². The molecule has 0 bridgehead atoms. The molecule has 0 aromatic carbocycles. The zero-order valence-corrected chi connectivity index (χ0v) is 13.2. The Hall–Kier alpha value is -1.10. The summed E-state index contributed by atoms with van der Waals surface area (Å²) in [7, 11) is 0. The molecular formula is C14H24ClN5. The highest BCUT2D eigenvalue weighted by Gasteiger charge is 2.15. The smallest absolute Gasteiger partial charge is 0.231 e. The fourth-order valence-corrected chi connectivity index (χ4v) is 2.85. The Labute approximate surface area is 126 Å². The highest BCUT2D eigenvalue weighted by atomic mass is 35.5. The normalized spacial score (nSPS) is 16.1. The van der Waals surface area contributed by atoms with E-state index in [4.69, 9.17) is 11.6 Å². The molecule has 1 aromatic rings. The number of nitrogens with zero attached hydrogens (tertiary/aromatic N) is 4. The van der Waals surface area contributed by atoms with Gasteiger partial charge in [0.15, 0.2) is 0 Å². The largest absolute Gasteiger partial charge is 0.354 e. The number of aromatic nitrogens is 3. The van der Waals surface area contributed by atoms with Crippen LogP contribution < -0.4 is 10.2 Å². The minimum atomic E-state index is 0.257. The third-order valence-corrected chi connectivity index (χ3v) is 4.09. The molecule has 0 amide bonds. The molecule has 2 rings (SSSR count). The summed E-state index contributed by atoms with van der Waals surface area (Å²) in [5, 5.41) is 3.58. The van der Waals surface area contributed by atoms with Gasteiger partial charge in [0.2, 0.25) is 17.2 Å². The summed E-state index contributed by atoms with van der Waals surface area (Å²) in [6.07, 6.45) is 6.66. The Balaban J connectivity index is 1.99. The highest BCUT2D eigenvalue weighted by Crippen LogP contribution is 2.24. The van der Waals surface area contributed by atoms with Crippen LogP contribution in [-0.4, -0.2) is 34.6 Å². The fourth-order valence-electron chi connectivity index (χ4n) is 2.69. The third-order valence-electron chi connectivity index (χ3n) is 3.92. The average molecular weight is 298 g/mol. The van der Waals surface area contributed by atoms with Gasteiger partial charge in [-0.2, -0.15) is 15.0 Å². The van der Waals surface area contributed by atoms with E-state index < -0.39 is 0 Å². The van der Waals surface area contributed by atoms with Crippen LogP contribution in [0.3, 0.4) is 0 Å². The third kappa shape index (κ3) is 4.20. The van der Waals surface area contributed by atoms with Gasteiger partial charge in [0, 0.05) is 19.6 Å². The van der Waals surface area contributed by atoms with Crippen molar-refractivity contribution < 1.29 is 0 Å². The summed E-state index contributed by atoms with van der Waals surface area (Å²) in [5.41, 5.74) is 0. The molecular weight excluding hydrogens is 274 g/mol. The number of hydrogen-bond donors (Lipinski definition) is 1. The van der Waals surface area contributed by atoms with Gasteiger partial charge in [0.1, 0.15) is 0 Å². The first-order valence-corrected chi connectivity index (χ1v) is 8.01. The maximum Gasteiger partial charge on any atom is 0.231 e. The van der Waals surface area contributed by atoms with Crippen LogP contribution in [0.4, 0.5) is 11.9 Å². The summed E-state index contributed by atoms with van der Waals surface area (Å²) in [5.74, 6) is 1.98. The van der Waals surface area contributed by atoms with Crippen molar-refractivity contribution in [1.82, 2.24) is 15.0 Å². The van der Waals surface area contributed by atoms with Crippen molar-refractivity contribution in [3.8, 4) is 0 Å². The molecule has 1 aliphatic carbocycles. The Morgan fingerprint density at radius 1 is 1.10 bits per heavy atom. The second-order valence-corrected chi connectivity index (χ2v) is 5.62. The van der Waals surface area contributed by atoms with Crippen LogP contribution in [0.15, 0.2) is 0 Å². The van der Waals surface area contributed by atoms with E-state index in [0.29, 0.717) is 11.9 Å². The molecule has 112 valence electrons. The molecule has 0 unspecified atom stereocenters. The molecule has 0 aliphatic heterocycles. The summed E-state index contributed by atoms with van der Waals surface area (Å²) in [6, 6.07) is 0. The molecule has 20 heavy (non-hydrogen) atoms. The molecule has 1 N–H and O–H groups in total. The Morgan fingerprint density at radius 2 is 1.80 bits per heavy atom. The topological polar surface area (TPSA) is 53.9 Å². The molecule has 0 radical (unpaired) electrons. The van der Waals surface area contributed by atoms with E-state index in [1.807, 2.05) is 0 Å². The zero-order chi connectivity index (χ0) is 14.4. The minimum absolute atomic E-state index is 0.257. The van der Waals surface area contributed by atoms with Gasteiger partial charge in [-0.25, -0.2) is 0 Å². The molecule has 1 aromatic heterocycles. The van der Waals surface area contributed by atoms with Gasteiger partial charge in [-0.3, -0.25) is 0 Å². The van der Waals surface area contributed by atoms with E-state index in [1.165, 1.54) is 32.1 Å². The quantitative estimate of drug-likeness (QED) is 0.872. The summed E-state index contributed by atoms with van der Waals surface area (Å²) >= 11 is 6.00. The highest BCUT2D eigenvalue weighted by molar-refractivity contribution is 6.28. The molecule has 1 heterocycles. The van der Waals surface area contributed by atoms with Gasteiger partial charge in [0.25, 0.3) is 0 Å². The first-order chi connectivity index (χ1) is 9.72. The number of hydrogen-bond acceptors (Lipinski definition) is 5. The predicted octanol–water partition coefficient (Wildman–Crippen LogP) is 3.36. The van der Waals surface area contributed by atoms with Crippen LogP contribution in [0, 0.1) is 5.92 Å². The molecule has 0 spiro atoms. The van der Waals surface area contributed by atoms with E-state index in [0.717, 1.165) is 25.6 Å². The lowest BCUT2D eigenvalue weighted by Crippen LogP contribution is -2.25. The summed E-state index contributed by atoms with van der Waals surface area (Å²) in [6.45, 7) is 6.81. The van der Waals surface area contributed by atoms with Gasteiger partial charge < -0.3 is 10.2 Å². The monoisotopic (exact) mass is 297 g/mol. The predicted molar refractivity (Wildman–Crippen MR) is 83.5 cm³/mol. The van der Waals surface area contributed by atoms with Crippen LogP contribution in [0.1, 0.15) is 46.0 Å². The van der Waals surface area contributed by atoms with Gasteiger partial charge in [0.05, 0.1) is 0 Å². The Kier molecular flexibility index (Phi) is 5.83. The van der Waals surface area contributed by atoms with Crippen LogP contribution in [0.2, 0.25) is 5.28 Å². The van der Waals surface area contributed by atoms with E-state index >= 15 is 0 Å². The number of nitrogens with one attached hydrogen (secondary N) is 1. The first kappa shape index (κ1) is 15.3. The van der Waals surface area contributed by atoms with Gasteiger partial charge >= 0.3 is 0 Å². The molecule has 5 nitrogen and oxygen atoms in total. The fraction of sp³-hybridized carbons (Fsp3) is 0.786. The van der Waals surface area contributed by atoms with Crippen molar-refractivity contribution in [2.24, 2.45) is 5.92 Å². The molecule has 0 atom stereocenters. The van der Waals surface area contributed by atoms with Crippen LogP contribution in [0.5, 0.6) is 0 Å². The van der Waals surface area contributed by atoms with Crippen LogP contribution >= 0.6 is 11.6 Å². The molecule has 0 saturated heterocycles.